The summed E-state index contributed by atoms with van der Waals surface area (Å²) in [6, 6.07) is 5.69. The Balaban J connectivity index is 3.06. The molecule has 14 heavy (non-hydrogen) atoms. The van der Waals surface area contributed by atoms with E-state index in [0.29, 0.717) is 0 Å². The molecule has 74 valence electrons. The summed E-state index contributed by atoms with van der Waals surface area (Å²) in [5.74, 6) is -0.350. The van der Waals surface area contributed by atoms with E-state index in [2.05, 4.69) is 4.74 Å². The van der Waals surface area contributed by atoms with Crippen molar-refractivity contribution >= 4 is 22.6 Å². The first-order valence-electron chi connectivity index (χ1n) is 3.38. The van der Waals surface area contributed by atoms with Crippen LogP contribution in [0.4, 0.5) is 13.2 Å². The van der Waals surface area contributed by atoms with Crippen LogP contribution < -0.4 is 4.74 Å². The van der Waals surface area contributed by atoms with Gasteiger partial charge in [-0.2, -0.15) is 5.26 Å². The Morgan fingerprint density at radius 1 is 1.36 bits per heavy atom. The SMILES string of the molecule is N#Cc1cccc(OC(F)(F)F)c1I. The van der Waals surface area contributed by atoms with Gasteiger partial charge in [-0.15, -0.1) is 13.2 Å². The maximum absolute atomic E-state index is 11.8. The van der Waals surface area contributed by atoms with Crippen LogP contribution in [-0.4, -0.2) is 6.36 Å². The predicted molar refractivity (Wildman–Crippen MR) is 50.6 cm³/mol. The molecule has 0 aliphatic heterocycles. The third-order valence-electron chi connectivity index (χ3n) is 1.31. The zero-order valence-electron chi connectivity index (χ0n) is 6.60. The molecule has 0 N–H and O–H groups in total. The summed E-state index contributed by atoms with van der Waals surface area (Å²) >= 11 is 1.63. The monoisotopic (exact) mass is 313 g/mol. The van der Waals surface area contributed by atoms with Gasteiger partial charge < -0.3 is 4.74 Å². The number of hydrogen-bond acceptors (Lipinski definition) is 2. The van der Waals surface area contributed by atoms with Gasteiger partial charge in [0.2, 0.25) is 0 Å². The summed E-state index contributed by atoms with van der Waals surface area (Å²) in [5.41, 5.74) is 0.160. The molecule has 0 bridgehead atoms. The molecule has 0 atom stereocenters. The summed E-state index contributed by atoms with van der Waals surface area (Å²) in [4.78, 5) is 0. The number of nitriles is 1. The number of benzene rings is 1. The molecule has 0 unspecified atom stereocenters. The van der Waals surface area contributed by atoms with Gasteiger partial charge in [0, 0.05) is 0 Å². The van der Waals surface area contributed by atoms with E-state index in [4.69, 9.17) is 5.26 Å². The van der Waals surface area contributed by atoms with Crippen LogP contribution in [0.2, 0.25) is 0 Å². The van der Waals surface area contributed by atoms with Crippen LogP contribution in [0.3, 0.4) is 0 Å². The second-order valence-electron chi connectivity index (χ2n) is 2.28. The van der Waals surface area contributed by atoms with Crippen molar-refractivity contribution < 1.29 is 17.9 Å². The standard InChI is InChI=1S/C8H3F3INO/c9-8(10,11)14-6-3-1-2-5(4-13)7(6)12/h1-3H. The normalized spacial score (nSPS) is 10.8. The van der Waals surface area contributed by atoms with Gasteiger partial charge >= 0.3 is 6.36 Å². The van der Waals surface area contributed by atoms with Gasteiger partial charge in [0.15, 0.2) is 0 Å². The van der Waals surface area contributed by atoms with Gasteiger partial charge in [-0.05, 0) is 34.7 Å². The van der Waals surface area contributed by atoms with E-state index in [1.807, 2.05) is 0 Å². The lowest BCUT2D eigenvalue weighted by Crippen LogP contribution is -2.18. The minimum Gasteiger partial charge on any atom is -0.405 e. The smallest absolute Gasteiger partial charge is 0.405 e. The highest BCUT2D eigenvalue weighted by atomic mass is 127. The molecule has 6 heteroatoms. The number of hydrogen-bond donors (Lipinski definition) is 0. The summed E-state index contributed by atoms with van der Waals surface area (Å²) in [7, 11) is 0. The fraction of sp³-hybridized carbons (Fsp3) is 0.125. The molecular formula is C8H3F3INO. The Kier molecular flexibility index (Phi) is 3.21. The van der Waals surface area contributed by atoms with E-state index in [-0.39, 0.29) is 14.9 Å². The Labute approximate surface area is 91.4 Å². The highest BCUT2D eigenvalue weighted by Gasteiger charge is 2.32. The Hall–Kier alpha value is -0.970. The maximum atomic E-state index is 11.8. The molecule has 0 spiro atoms. The maximum Gasteiger partial charge on any atom is 0.573 e. The van der Waals surface area contributed by atoms with E-state index in [0.717, 1.165) is 6.07 Å². The van der Waals surface area contributed by atoms with E-state index in [1.54, 1.807) is 28.7 Å². The van der Waals surface area contributed by atoms with Crippen molar-refractivity contribution in [3.05, 3.63) is 27.3 Å². The molecule has 0 radical (unpaired) electrons. The largest absolute Gasteiger partial charge is 0.573 e. The number of ether oxygens (including phenoxy) is 1. The molecule has 0 saturated heterocycles. The van der Waals surface area contributed by atoms with Crippen molar-refractivity contribution in [2.24, 2.45) is 0 Å². The molecule has 2 nitrogen and oxygen atoms in total. The first-order valence-corrected chi connectivity index (χ1v) is 4.46. The summed E-state index contributed by atoms with van der Waals surface area (Å²) in [6.45, 7) is 0. The zero-order valence-corrected chi connectivity index (χ0v) is 8.76. The fourth-order valence-electron chi connectivity index (χ4n) is 0.801. The molecule has 0 aliphatic rings. The van der Waals surface area contributed by atoms with E-state index in [9.17, 15) is 13.2 Å². The second-order valence-corrected chi connectivity index (χ2v) is 3.36. The molecule has 1 aromatic carbocycles. The molecule has 0 heterocycles. The van der Waals surface area contributed by atoms with Crippen LogP contribution in [-0.2, 0) is 0 Å². The van der Waals surface area contributed by atoms with Gasteiger partial charge in [0.25, 0.3) is 0 Å². The molecule has 0 aromatic heterocycles. The molecule has 0 fully saturated rings. The number of rotatable bonds is 1. The van der Waals surface area contributed by atoms with E-state index >= 15 is 0 Å². The Bertz CT molecular complexity index is 383. The van der Waals surface area contributed by atoms with Crippen molar-refractivity contribution in [2.75, 3.05) is 0 Å². The summed E-state index contributed by atoms with van der Waals surface area (Å²) in [5, 5.41) is 8.55. The minimum atomic E-state index is -4.73. The molecule has 0 amide bonds. The highest BCUT2D eigenvalue weighted by Crippen LogP contribution is 2.29. The van der Waals surface area contributed by atoms with Crippen LogP contribution >= 0.6 is 22.6 Å². The predicted octanol–water partition coefficient (Wildman–Crippen LogP) is 3.06. The first kappa shape index (κ1) is 11.1. The van der Waals surface area contributed by atoms with Crippen LogP contribution in [0.15, 0.2) is 18.2 Å². The lowest BCUT2D eigenvalue weighted by atomic mass is 10.2. The van der Waals surface area contributed by atoms with Gasteiger partial charge in [0.1, 0.15) is 11.8 Å². The Morgan fingerprint density at radius 2 is 2.00 bits per heavy atom. The van der Waals surface area contributed by atoms with Crippen LogP contribution in [0.1, 0.15) is 5.56 Å². The number of alkyl halides is 3. The van der Waals surface area contributed by atoms with Crippen LogP contribution in [0, 0.1) is 14.9 Å². The van der Waals surface area contributed by atoms with Gasteiger partial charge in [-0.3, -0.25) is 0 Å². The number of nitrogens with zero attached hydrogens (tertiary/aromatic N) is 1. The second kappa shape index (κ2) is 4.04. The quantitative estimate of drug-likeness (QED) is 0.747. The van der Waals surface area contributed by atoms with Crippen LogP contribution in [0.25, 0.3) is 0 Å². The fourth-order valence-corrected chi connectivity index (χ4v) is 1.39. The first-order chi connectivity index (χ1) is 6.44. The zero-order chi connectivity index (χ0) is 10.8. The number of halogens is 4. The lowest BCUT2D eigenvalue weighted by Gasteiger charge is -2.10. The van der Waals surface area contributed by atoms with Gasteiger partial charge in [-0.1, -0.05) is 6.07 Å². The van der Waals surface area contributed by atoms with Crippen molar-refractivity contribution in [3.8, 4) is 11.8 Å². The van der Waals surface area contributed by atoms with Crippen LogP contribution in [0.5, 0.6) is 5.75 Å². The van der Waals surface area contributed by atoms with E-state index in [1.165, 1.54) is 12.1 Å². The average Bonchev–Trinajstić information content (AvgIpc) is 2.06. The molecule has 0 aliphatic carbocycles. The average molecular weight is 313 g/mol. The lowest BCUT2D eigenvalue weighted by molar-refractivity contribution is -0.274. The molecular weight excluding hydrogens is 310 g/mol. The minimum absolute atomic E-state index is 0.157. The topological polar surface area (TPSA) is 33.0 Å². The highest BCUT2D eigenvalue weighted by molar-refractivity contribution is 14.1. The molecule has 0 saturated carbocycles. The molecule has 1 aromatic rings. The van der Waals surface area contributed by atoms with Crippen molar-refractivity contribution in [1.29, 1.82) is 5.26 Å². The summed E-state index contributed by atoms with van der Waals surface area (Å²) < 4.78 is 39.4. The molecule has 1 rings (SSSR count). The van der Waals surface area contributed by atoms with Crippen molar-refractivity contribution in [3.63, 3.8) is 0 Å². The van der Waals surface area contributed by atoms with Gasteiger partial charge in [-0.25, -0.2) is 0 Å². The van der Waals surface area contributed by atoms with Crippen molar-refractivity contribution in [2.45, 2.75) is 6.36 Å². The van der Waals surface area contributed by atoms with Gasteiger partial charge in [0.05, 0.1) is 9.13 Å². The third-order valence-corrected chi connectivity index (χ3v) is 2.42. The van der Waals surface area contributed by atoms with Crippen molar-refractivity contribution in [1.82, 2.24) is 0 Å². The van der Waals surface area contributed by atoms with E-state index < -0.39 is 6.36 Å². The Morgan fingerprint density at radius 3 is 2.50 bits per heavy atom. The third kappa shape index (κ3) is 2.77. The summed E-state index contributed by atoms with van der Waals surface area (Å²) in [6.07, 6.45) is -4.73.